The van der Waals surface area contributed by atoms with Gasteiger partial charge in [-0.15, -0.1) is 0 Å². The van der Waals surface area contributed by atoms with Crippen LogP contribution in [-0.2, 0) is 4.79 Å². The van der Waals surface area contributed by atoms with Gasteiger partial charge in [0.1, 0.15) is 0 Å². The van der Waals surface area contributed by atoms with Crippen LogP contribution < -0.4 is 25.4 Å². The van der Waals surface area contributed by atoms with Crippen molar-refractivity contribution in [3.63, 3.8) is 0 Å². The molecule has 29 heavy (non-hydrogen) atoms. The summed E-state index contributed by atoms with van der Waals surface area (Å²) < 4.78 is 10.9. The first-order valence-electron chi connectivity index (χ1n) is 9.31. The molecule has 0 bridgehead atoms. The molecule has 2 aromatic rings. The second-order valence-electron chi connectivity index (χ2n) is 6.20. The lowest BCUT2D eigenvalue weighted by atomic mass is 10.2. The maximum Gasteiger partial charge on any atom is 0.226 e. The van der Waals surface area contributed by atoms with Crippen molar-refractivity contribution in [2.45, 2.75) is 20.3 Å². The fourth-order valence-electron chi connectivity index (χ4n) is 2.56. The highest BCUT2D eigenvalue weighted by Gasteiger charge is 2.09. The summed E-state index contributed by atoms with van der Waals surface area (Å²) >= 11 is 6.15. The molecule has 0 atom stereocenters. The molecule has 156 valence electrons. The number of benzene rings is 2. The third-order valence-electron chi connectivity index (χ3n) is 3.99. The van der Waals surface area contributed by atoms with Gasteiger partial charge in [0.25, 0.3) is 0 Å². The molecule has 0 heterocycles. The summed E-state index contributed by atoms with van der Waals surface area (Å²) in [5.41, 5.74) is 2.43. The van der Waals surface area contributed by atoms with Crippen LogP contribution in [0.1, 0.15) is 18.9 Å². The second-order valence-corrected chi connectivity index (χ2v) is 6.61. The third kappa shape index (κ3) is 6.87. The normalized spacial score (nSPS) is 11.0. The summed E-state index contributed by atoms with van der Waals surface area (Å²) in [6.07, 6.45) is 0.261. The first-order valence-corrected chi connectivity index (χ1v) is 9.69. The molecule has 0 saturated carbocycles. The van der Waals surface area contributed by atoms with Gasteiger partial charge in [-0.05, 0) is 43.7 Å². The van der Waals surface area contributed by atoms with Gasteiger partial charge in [-0.25, -0.2) is 0 Å². The minimum Gasteiger partial charge on any atom is -0.493 e. The Balaban J connectivity index is 1.86. The average Bonchev–Trinajstić information content (AvgIpc) is 2.70. The fraction of sp³-hybridized carbons (Fsp3) is 0.333. The number of nitrogens with zero attached hydrogens (tertiary/aromatic N) is 1. The quantitative estimate of drug-likeness (QED) is 0.444. The van der Waals surface area contributed by atoms with Crippen molar-refractivity contribution in [1.82, 2.24) is 5.32 Å². The number of guanidine groups is 1. The van der Waals surface area contributed by atoms with E-state index >= 15 is 0 Å². The number of anilines is 2. The van der Waals surface area contributed by atoms with E-state index in [2.05, 4.69) is 20.9 Å². The lowest BCUT2D eigenvalue weighted by molar-refractivity contribution is -0.116. The Bertz CT molecular complexity index is 871. The Labute approximate surface area is 176 Å². The van der Waals surface area contributed by atoms with E-state index in [9.17, 15) is 4.79 Å². The zero-order chi connectivity index (χ0) is 21.2. The van der Waals surface area contributed by atoms with Gasteiger partial charge >= 0.3 is 0 Å². The Morgan fingerprint density at radius 1 is 1.14 bits per heavy atom. The highest BCUT2D eigenvalue weighted by atomic mass is 35.5. The van der Waals surface area contributed by atoms with Gasteiger partial charge in [-0.3, -0.25) is 9.79 Å². The number of aliphatic imine (C=N–C) groups is 1. The third-order valence-corrected chi connectivity index (χ3v) is 4.31. The van der Waals surface area contributed by atoms with Gasteiger partial charge in [0.2, 0.25) is 5.91 Å². The average molecular weight is 419 g/mol. The van der Waals surface area contributed by atoms with E-state index in [0.717, 1.165) is 11.3 Å². The topological polar surface area (TPSA) is 84.0 Å². The zero-order valence-electron chi connectivity index (χ0n) is 17.1. The molecule has 0 aromatic heterocycles. The lowest BCUT2D eigenvalue weighted by Crippen LogP contribution is -2.33. The zero-order valence-corrected chi connectivity index (χ0v) is 17.9. The van der Waals surface area contributed by atoms with Crippen molar-refractivity contribution in [1.29, 1.82) is 0 Å². The first kappa shape index (κ1) is 22.4. The van der Waals surface area contributed by atoms with E-state index < -0.39 is 0 Å². The number of hydrogen-bond donors (Lipinski definition) is 3. The van der Waals surface area contributed by atoms with Gasteiger partial charge in [0.05, 0.1) is 24.4 Å². The van der Waals surface area contributed by atoms with E-state index in [4.69, 9.17) is 21.1 Å². The van der Waals surface area contributed by atoms with Gasteiger partial charge < -0.3 is 25.4 Å². The summed E-state index contributed by atoms with van der Waals surface area (Å²) in [6.45, 7) is 4.83. The van der Waals surface area contributed by atoms with Crippen LogP contribution in [0.5, 0.6) is 11.5 Å². The molecule has 0 fully saturated rings. The van der Waals surface area contributed by atoms with Crippen LogP contribution in [-0.4, -0.2) is 39.2 Å². The van der Waals surface area contributed by atoms with E-state index in [1.54, 1.807) is 20.2 Å². The Hall–Kier alpha value is -2.93. The van der Waals surface area contributed by atoms with E-state index in [1.165, 1.54) is 0 Å². The van der Waals surface area contributed by atoms with Crippen LogP contribution in [0, 0.1) is 6.92 Å². The summed E-state index contributed by atoms with van der Waals surface area (Å²) in [4.78, 5) is 16.3. The molecule has 2 rings (SSSR count). The lowest BCUT2D eigenvalue weighted by Gasteiger charge is -2.14. The number of rotatable bonds is 8. The van der Waals surface area contributed by atoms with E-state index in [-0.39, 0.29) is 12.3 Å². The van der Waals surface area contributed by atoms with Crippen molar-refractivity contribution in [3.05, 3.63) is 47.0 Å². The maximum absolute atomic E-state index is 12.2. The van der Waals surface area contributed by atoms with Gasteiger partial charge in [-0.1, -0.05) is 17.7 Å². The van der Waals surface area contributed by atoms with Crippen LogP contribution in [0.25, 0.3) is 0 Å². The van der Waals surface area contributed by atoms with E-state index in [0.29, 0.717) is 41.3 Å². The molecule has 0 aliphatic carbocycles. The van der Waals surface area contributed by atoms with Crippen LogP contribution in [0.3, 0.4) is 0 Å². The molecule has 0 unspecified atom stereocenters. The van der Waals surface area contributed by atoms with Crippen molar-refractivity contribution in [3.8, 4) is 11.5 Å². The molecule has 0 radical (unpaired) electrons. The summed E-state index contributed by atoms with van der Waals surface area (Å²) in [7, 11) is 3.25. The second kappa shape index (κ2) is 11.2. The number of carbonyl (C=O) groups excluding carboxylic acids is 1. The SMILES string of the molecule is CCOc1ccc(NC(=NC)NCCC(=O)Nc2ccc(C)cc2Cl)cc1OC. The molecule has 0 aliphatic heterocycles. The molecular formula is C21H27ClN4O3. The molecule has 7 nitrogen and oxygen atoms in total. The summed E-state index contributed by atoms with van der Waals surface area (Å²) in [6, 6.07) is 11.0. The molecular weight excluding hydrogens is 392 g/mol. The van der Waals surface area contributed by atoms with Crippen LogP contribution >= 0.6 is 11.6 Å². The Kier molecular flexibility index (Phi) is 8.61. The maximum atomic E-state index is 12.2. The number of aryl methyl sites for hydroxylation is 1. The largest absolute Gasteiger partial charge is 0.493 e. The van der Waals surface area contributed by atoms with Crippen molar-refractivity contribution < 1.29 is 14.3 Å². The summed E-state index contributed by atoms with van der Waals surface area (Å²) in [5, 5.41) is 9.60. The fourth-order valence-corrected chi connectivity index (χ4v) is 2.85. The molecule has 1 amide bonds. The molecule has 8 heteroatoms. The highest BCUT2D eigenvalue weighted by Crippen LogP contribution is 2.30. The smallest absolute Gasteiger partial charge is 0.226 e. The molecule has 0 spiro atoms. The monoisotopic (exact) mass is 418 g/mol. The molecule has 3 N–H and O–H groups in total. The number of nitrogens with one attached hydrogen (secondary N) is 3. The van der Waals surface area contributed by atoms with Crippen LogP contribution in [0.15, 0.2) is 41.4 Å². The predicted octanol–water partition coefficient (Wildman–Crippen LogP) is 4.07. The Morgan fingerprint density at radius 3 is 2.59 bits per heavy atom. The minimum atomic E-state index is -0.138. The molecule has 0 aliphatic rings. The van der Waals surface area contributed by atoms with Gasteiger partial charge in [0.15, 0.2) is 17.5 Å². The number of methoxy groups -OCH3 is 1. The predicted molar refractivity (Wildman–Crippen MR) is 119 cm³/mol. The summed E-state index contributed by atoms with van der Waals surface area (Å²) in [5.74, 6) is 1.70. The van der Waals surface area contributed by atoms with E-state index in [1.807, 2.05) is 44.2 Å². The standard InChI is InChI=1S/C21H27ClN4O3/c1-5-29-18-9-7-15(13-19(18)28-4)25-21(23-3)24-11-10-20(27)26-17-8-6-14(2)12-16(17)22/h6-9,12-13H,5,10-11H2,1-4H3,(H,26,27)(H2,23,24,25). The number of hydrogen-bond acceptors (Lipinski definition) is 4. The molecule has 2 aromatic carbocycles. The van der Waals surface area contributed by atoms with Gasteiger partial charge in [-0.2, -0.15) is 0 Å². The van der Waals surface area contributed by atoms with Crippen molar-refractivity contribution in [2.75, 3.05) is 37.9 Å². The number of halogens is 1. The minimum absolute atomic E-state index is 0.138. The number of ether oxygens (including phenoxy) is 2. The first-order chi connectivity index (χ1) is 14.0. The van der Waals surface area contributed by atoms with Gasteiger partial charge in [0, 0.05) is 31.8 Å². The van der Waals surface area contributed by atoms with Crippen LogP contribution in [0.2, 0.25) is 5.02 Å². The number of amides is 1. The highest BCUT2D eigenvalue weighted by molar-refractivity contribution is 6.33. The van der Waals surface area contributed by atoms with Crippen LogP contribution in [0.4, 0.5) is 11.4 Å². The number of carbonyl (C=O) groups is 1. The van der Waals surface area contributed by atoms with Crippen molar-refractivity contribution >= 4 is 34.8 Å². The van der Waals surface area contributed by atoms with Crippen molar-refractivity contribution in [2.24, 2.45) is 4.99 Å². The Morgan fingerprint density at radius 2 is 1.93 bits per heavy atom. The molecule has 0 saturated heterocycles.